The third-order valence-electron chi connectivity index (χ3n) is 2.61. The molecule has 0 saturated carbocycles. The van der Waals surface area contributed by atoms with Crippen LogP contribution in [0.3, 0.4) is 0 Å². The van der Waals surface area contributed by atoms with Crippen LogP contribution in [0.5, 0.6) is 0 Å². The van der Waals surface area contributed by atoms with Crippen molar-refractivity contribution in [1.82, 2.24) is 4.98 Å². The van der Waals surface area contributed by atoms with Gasteiger partial charge in [0.15, 0.2) is 0 Å². The number of rotatable bonds is 2. The molecule has 0 spiro atoms. The first kappa shape index (κ1) is 11.1. The summed E-state index contributed by atoms with van der Waals surface area (Å²) < 4.78 is 0. The molecule has 1 aromatic carbocycles. The fourth-order valence-corrected chi connectivity index (χ4v) is 1.95. The highest BCUT2D eigenvalue weighted by Gasteiger charge is 2.14. The normalized spacial score (nSPS) is 12.4. The first-order valence-electron chi connectivity index (χ1n) is 5.11. The second kappa shape index (κ2) is 4.64. The second-order valence-corrected chi connectivity index (χ2v) is 4.11. The third kappa shape index (κ3) is 2.08. The van der Waals surface area contributed by atoms with Gasteiger partial charge in [0.1, 0.15) is 0 Å². The summed E-state index contributed by atoms with van der Waals surface area (Å²) in [4.78, 5) is 4.24. The summed E-state index contributed by atoms with van der Waals surface area (Å²) in [6, 6.07) is 11.3. The Balaban J connectivity index is 2.44. The Morgan fingerprint density at radius 3 is 2.62 bits per heavy atom. The van der Waals surface area contributed by atoms with E-state index < -0.39 is 0 Å². The first-order chi connectivity index (χ1) is 7.70. The van der Waals surface area contributed by atoms with Gasteiger partial charge in [-0.25, -0.2) is 0 Å². The van der Waals surface area contributed by atoms with Gasteiger partial charge in [-0.2, -0.15) is 0 Å². The number of pyridine rings is 1. The van der Waals surface area contributed by atoms with Gasteiger partial charge in [-0.1, -0.05) is 35.9 Å². The van der Waals surface area contributed by atoms with E-state index in [1.165, 1.54) is 0 Å². The van der Waals surface area contributed by atoms with Crippen LogP contribution < -0.4 is 5.73 Å². The van der Waals surface area contributed by atoms with Crippen LogP contribution in [0.25, 0.3) is 0 Å². The lowest BCUT2D eigenvalue weighted by atomic mass is 9.99. The highest BCUT2D eigenvalue weighted by atomic mass is 35.5. The van der Waals surface area contributed by atoms with E-state index in [0.717, 1.165) is 16.8 Å². The number of nitrogens with two attached hydrogens (primary N) is 1. The van der Waals surface area contributed by atoms with Crippen LogP contribution >= 0.6 is 11.6 Å². The molecular formula is C13H13ClN2. The Labute approximate surface area is 100 Å². The molecule has 2 N–H and O–H groups in total. The predicted molar refractivity (Wildman–Crippen MR) is 66.5 cm³/mol. The lowest BCUT2D eigenvalue weighted by Crippen LogP contribution is -2.15. The summed E-state index contributed by atoms with van der Waals surface area (Å²) in [5.74, 6) is 0. The number of nitrogens with zero attached hydrogens (tertiary/aromatic N) is 1. The minimum atomic E-state index is -0.269. The lowest BCUT2D eigenvalue weighted by Gasteiger charge is -2.15. The number of aryl methyl sites for hydroxylation is 1. The summed E-state index contributed by atoms with van der Waals surface area (Å²) in [7, 11) is 0. The maximum Gasteiger partial charge on any atom is 0.0802 e. The van der Waals surface area contributed by atoms with Crippen LogP contribution in [-0.2, 0) is 0 Å². The SMILES string of the molecule is Cc1ccccc1C(N)c1ncccc1Cl. The first-order valence-corrected chi connectivity index (χ1v) is 5.49. The van der Waals surface area contributed by atoms with Crippen molar-refractivity contribution in [3.8, 4) is 0 Å². The molecule has 2 rings (SSSR count). The number of aromatic nitrogens is 1. The molecule has 1 unspecified atom stereocenters. The van der Waals surface area contributed by atoms with E-state index >= 15 is 0 Å². The van der Waals surface area contributed by atoms with Crippen LogP contribution in [0, 0.1) is 6.92 Å². The molecule has 0 saturated heterocycles. The zero-order chi connectivity index (χ0) is 11.5. The molecule has 1 atom stereocenters. The van der Waals surface area contributed by atoms with E-state index in [2.05, 4.69) is 4.98 Å². The zero-order valence-electron chi connectivity index (χ0n) is 9.02. The molecule has 82 valence electrons. The standard InChI is InChI=1S/C13H13ClN2/c1-9-5-2-3-6-10(9)12(15)13-11(14)7-4-8-16-13/h2-8,12H,15H2,1H3. The second-order valence-electron chi connectivity index (χ2n) is 3.70. The summed E-state index contributed by atoms with van der Waals surface area (Å²) in [6.45, 7) is 2.03. The summed E-state index contributed by atoms with van der Waals surface area (Å²) in [5.41, 5.74) is 9.10. The molecule has 16 heavy (non-hydrogen) atoms. The molecule has 1 heterocycles. The molecule has 0 aliphatic rings. The molecular weight excluding hydrogens is 220 g/mol. The van der Waals surface area contributed by atoms with Crippen LogP contribution in [-0.4, -0.2) is 4.98 Å². The fourth-order valence-electron chi connectivity index (χ4n) is 1.71. The average molecular weight is 233 g/mol. The number of benzene rings is 1. The molecule has 0 aliphatic heterocycles. The van der Waals surface area contributed by atoms with Crippen molar-refractivity contribution in [2.75, 3.05) is 0 Å². The number of hydrogen-bond acceptors (Lipinski definition) is 2. The van der Waals surface area contributed by atoms with Crippen molar-refractivity contribution >= 4 is 11.6 Å². The van der Waals surface area contributed by atoms with Gasteiger partial charge in [0.2, 0.25) is 0 Å². The summed E-state index contributed by atoms with van der Waals surface area (Å²) >= 11 is 6.08. The van der Waals surface area contributed by atoms with E-state index in [4.69, 9.17) is 17.3 Å². The Bertz CT molecular complexity index is 451. The van der Waals surface area contributed by atoms with Crippen LogP contribution in [0.15, 0.2) is 42.6 Å². The maximum absolute atomic E-state index is 6.17. The molecule has 2 nitrogen and oxygen atoms in total. The molecule has 0 amide bonds. The Morgan fingerprint density at radius 1 is 1.19 bits per heavy atom. The van der Waals surface area contributed by atoms with Gasteiger partial charge < -0.3 is 5.73 Å². The van der Waals surface area contributed by atoms with Crippen molar-refractivity contribution in [3.05, 3.63) is 64.4 Å². The molecule has 0 radical (unpaired) electrons. The van der Waals surface area contributed by atoms with E-state index in [1.807, 2.05) is 37.3 Å². The van der Waals surface area contributed by atoms with Gasteiger partial charge in [0.25, 0.3) is 0 Å². The zero-order valence-corrected chi connectivity index (χ0v) is 9.78. The molecule has 0 bridgehead atoms. The Kier molecular flexibility index (Phi) is 3.22. The Hall–Kier alpha value is -1.38. The highest BCUT2D eigenvalue weighted by Crippen LogP contribution is 2.25. The van der Waals surface area contributed by atoms with Gasteiger partial charge in [-0.05, 0) is 30.2 Å². The third-order valence-corrected chi connectivity index (χ3v) is 2.92. The monoisotopic (exact) mass is 232 g/mol. The topological polar surface area (TPSA) is 38.9 Å². The van der Waals surface area contributed by atoms with Crippen molar-refractivity contribution in [3.63, 3.8) is 0 Å². The van der Waals surface area contributed by atoms with Gasteiger partial charge >= 0.3 is 0 Å². The number of halogens is 1. The predicted octanol–water partition coefficient (Wildman–Crippen LogP) is 3.09. The van der Waals surface area contributed by atoms with Gasteiger partial charge in [0.05, 0.1) is 16.8 Å². The highest BCUT2D eigenvalue weighted by molar-refractivity contribution is 6.31. The van der Waals surface area contributed by atoms with Crippen molar-refractivity contribution in [2.24, 2.45) is 5.73 Å². The molecule has 2 aromatic rings. The largest absolute Gasteiger partial charge is 0.319 e. The Morgan fingerprint density at radius 2 is 1.94 bits per heavy atom. The van der Waals surface area contributed by atoms with Crippen molar-refractivity contribution in [2.45, 2.75) is 13.0 Å². The maximum atomic E-state index is 6.17. The van der Waals surface area contributed by atoms with Gasteiger partial charge in [0, 0.05) is 6.20 Å². The van der Waals surface area contributed by atoms with E-state index in [1.54, 1.807) is 12.3 Å². The average Bonchev–Trinajstić information content (AvgIpc) is 2.29. The van der Waals surface area contributed by atoms with Crippen molar-refractivity contribution < 1.29 is 0 Å². The van der Waals surface area contributed by atoms with E-state index in [9.17, 15) is 0 Å². The van der Waals surface area contributed by atoms with Crippen LogP contribution in [0.2, 0.25) is 5.02 Å². The minimum Gasteiger partial charge on any atom is -0.319 e. The summed E-state index contributed by atoms with van der Waals surface area (Å²) in [6.07, 6.45) is 1.71. The molecule has 0 aliphatic carbocycles. The van der Waals surface area contributed by atoms with Gasteiger partial charge in [-0.3, -0.25) is 4.98 Å². The smallest absolute Gasteiger partial charge is 0.0802 e. The van der Waals surface area contributed by atoms with Gasteiger partial charge in [-0.15, -0.1) is 0 Å². The quantitative estimate of drug-likeness (QED) is 0.864. The molecule has 0 fully saturated rings. The fraction of sp³-hybridized carbons (Fsp3) is 0.154. The van der Waals surface area contributed by atoms with Crippen LogP contribution in [0.4, 0.5) is 0 Å². The minimum absolute atomic E-state index is 0.269. The summed E-state index contributed by atoms with van der Waals surface area (Å²) in [5, 5.41) is 0.609. The molecule has 1 aromatic heterocycles. The lowest BCUT2D eigenvalue weighted by molar-refractivity contribution is 0.821. The van der Waals surface area contributed by atoms with Crippen LogP contribution in [0.1, 0.15) is 22.9 Å². The number of hydrogen-bond donors (Lipinski definition) is 1. The van der Waals surface area contributed by atoms with E-state index in [-0.39, 0.29) is 6.04 Å². The van der Waals surface area contributed by atoms with E-state index in [0.29, 0.717) is 5.02 Å². The van der Waals surface area contributed by atoms with Crippen molar-refractivity contribution in [1.29, 1.82) is 0 Å². The molecule has 3 heteroatoms.